The minimum atomic E-state index is 0.694. The molecule has 4 heteroatoms. The summed E-state index contributed by atoms with van der Waals surface area (Å²) in [6.45, 7) is 0. The van der Waals surface area contributed by atoms with Gasteiger partial charge in [-0.2, -0.15) is 0 Å². The number of furan rings is 1. The van der Waals surface area contributed by atoms with E-state index in [9.17, 15) is 0 Å². The molecule has 57 heavy (non-hydrogen) atoms. The molecule has 0 saturated carbocycles. The average molecular weight is 728 g/mol. The van der Waals surface area contributed by atoms with Gasteiger partial charge in [-0.1, -0.05) is 164 Å². The third kappa shape index (κ3) is 5.83. The maximum absolute atomic E-state index is 6.56. The Bertz CT molecular complexity index is 3280. The number of aromatic nitrogens is 3. The van der Waals surface area contributed by atoms with Crippen LogP contribution in [0.3, 0.4) is 0 Å². The molecule has 0 aliphatic heterocycles. The summed E-state index contributed by atoms with van der Waals surface area (Å²) in [5.41, 5.74) is 14.0. The van der Waals surface area contributed by atoms with Crippen molar-refractivity contribution in [3.8, 4) is 67.4 Å². The molecule has 8 aromatic carbocycles. The number of rotatable bonds is 6. The molecule has 11 rings (SSSR count). The second-order valence-corrected chi connectivity index (χ2v) is 14.4. The summed E-state index contributed by atoms with van der Waals surface area (Å²) in [6.07, 6.45) is 0. The summed E-state index contributed by atoms with van der Waals surface area (Å²) in [6, 6.07) is 69.6. The van der Waals surface area contributed by atoms with Gasteiger partial charge >= 0.3 is 0 Å². The zero-order valence-corrected chi connectivity index (χ0v) is 30.8. The van der Waals surface area contributed by atoms with Gasteiger partial charge in [0.25, 0.3) is 0 Å². The Morgan fingerprint density at radius 2 is 0.860 bits per heavy atom. The lowest BCUT2D eigenvalue weighted by molar-refractivity contribution is 0.673. The molecule has 3 aromatic heterocycles. The lowest BCUT2D eigenvalue weighted by Gasteiger charge is -2.12. The largest absolute Gasteiger partial charge is 0.455 e. The molecule has 0 fully saturated rings. The van der Waals surface area contributed by atoms with Crippen molar-refractivity contribution < 1.29 is 4.42 Å². The van der Waals surface area contributed by atoms with Gasteiger partial charge in [0.05, 0.1) is 22.6 Å². The summed E-state index contributed by atoms with van der Waals surface area (Å²) in [7, 11) is 0. The standard InChI is InChI=1S/C53H33N3O/c1-3-13-34(14-4-1)38-17-11-19-40(31-38)48-33-47(55-53(56-48)37-15-5-2-6-16-37)36-27-25-35(26-28-36)39-18-12-20-41(32-39)51-45-30-29-43-42-21-8-10-24-49(42)57-52(43)50(45)44-22-7-9-23-46(44)54-51/h1-33H. The van der Waals surface area contributed by atoms with Crippen LogP contribution in [-0.2, 0) is 0 Å². The van der Waals surface area contributed by atoms with Gasteiger partial charge in [-0.15, -0.1) is 0 Å². The van der Waals surface area contributed by atoms with Crippen molar-refractivity contribution in [3.05, 3.63) is 200 Å². The van der Waals surface area contributed by atoms with Crippen molar-refractivity contribution in [3.63, 3.8) is 0 Å². The molecular formula is C53H33N3O. The molecule has 0 amide bonds. The van der Waals surface area contributed by atoms with Gasteiger partial charge in [-0.3, -0.25) is 0 Å². The van der Waals surface area contributed by atoms with Crippen LogP contribution in [0.5, 0.6) is 0 Å². The van der Waals surface area contributed by atoms with Crippen LogP contribution in [0.15, 0.2) is 205 Å². The zero-order chi connectivity index (χ0) is 37.7. The highest BCUT2D eigenvalue weighted by Gasteiger charge is 2.18. The maximum atomic E-state index is 6.56. The molecule has 4 nitrogen and oxygen atoms in total. The Hall–Kier alpha value is -7.69. The van der Waals surface area contributed by atoms with Gasteiger partial charge < -0.3 is 4.42 Å². The molecule has 0 saturated heterocycles. The monoisotopic (exact) mass is 727 g/mol. The number of pyridine rings is 1. The first-order chi connectivity index (χ1) is 28.2. The minimum Gasteiger partial charge on any atom is -0.455 e. The highest BCUT2D eigenvalue weighted by atomic mass is 16.3. The van der Waals surface area contributed by atoms with Crippen molar-refractivity contribution in [2.24, 2.45) is 0 Å². The highest BCUT2D eigenvalue weighted by molar-refractivity contribution is 6.24. The van der Waals surface area contributed by atoms with E-state index in [-0.39, 0.29) is 0 Å². The summed E-state index contributed by atoms with van der Waals surface area (Å²) in [5, 5.41) is 5.47. The molecule has 0 N–H and O–H groups in total. The molecule has 0 spiro atoms. The Labute approximate surface area is 329 Å². The topological polar surface area (TPSA) is 51.8 Å². The number of hydrogen-bond acceptors (Lipinski definition) is 4. The summed E-state index contributed by atoms with van der Waals surface area (Å²) < 4.78 is 6.56. The number of hydrogen-bond donors (Lipinski definition) is 0. The van der Waals surface area contributed by atoms with E-state index in [1.54, 1.807) is 0 Å². The smallest absolute Gasteiger partial charge is 0.160 e. The second kappa shape index (κ2) is 13.6. The average Bonchev–Trinajstić information content (AvgIpc) is 3.68. The zero-order valence-electron chi connectivity index (χ0n) is 30.8. The van der Waals surface area contributed by atoms with Crippen LogP contribution in [0, 0.1) is 0 Å². The third-order valence-electron chi connectivity index (χ3n) is 10.9. The summed E-state index contributed by atoms with van der Waals surface area (Å²) >= 11 is 0. The SMILES string of the molecule is c1ccc(-c2cccc(-c3cc(-c4ccc(-c5cccc(-c6nc7ccccc7c7c6ccc6c8ccccc8oc67)c5)cc4)nc(-c4ccccc4)n3)c2)cc1. The van der Waals surface area contributed by atoms with Crippen LogP contribution in [0.25, 0.3) is 111 Å². The van der Waals surface area contributed by atoms with Crippen molar-refractivity contribution in [1.82, 2.24) is 15.0 Å². The number of nitrogens with zero attached hydrogens (tertiary/aromatic N) is 3. The van der Waals surface area contributed by atoms with Crippen LogP contribution in [0.1, 0.15) is 0 Å². The molecule has 11 aromatic rings. The van der Waals surface area contributed by atoms with Gasteiger partial charge in [-0.05, 0) is 58.7 Å². The van der Waals surface area contributed by atoms with Gasteiger partial charge in [-0.25, -0.2) is 15.0 Å². The molecular weight excluding hydrogens is 695 g/mol. The Morgan fingerprint density at radius 3 is 1.63 bits per heavy atom. The van der Waals surface area contributed by atoms with E-state index in [1.807, 2.05) is 42.5 Å². The molecule has 0 bridgehead atoms. The van der Waals surface area contributed by atoms with E-state index < -0.39 is 0 Å². The van der Waals surface area contributed by atoms with Crippen molar-refractivity contribution in [2.45, 2.75) is 0 Å². The van der Waals surface area contributed by atoms with E-state index in [0.717, 1.165) is 99.6 Å². The Kier molecular flexibility index (Phi) is 7.78. The fourth-order valence-electron chi connectivity index (χ4n) is 8.06. The van der Waals surface area contributed by atoms with Gasteiger partial charge in [0.15, 0.2) is 5.82 Å². The first kappa shape index (κ1) is 32.7. The second-order valence-electron chi connectivity index (χ2n) is 14.4. The minimum absolute atomic E-state index is 0.694. The lowest BCUT2D eigenvalue weighted by atomic mass is 9.95. The Balaban J connectivity index is 0.992. The van der Waals surface area contributed by atoms with E-state index in [0.29, 0.717) is 5.82 Å². The van der Waals surface area contributed by atoms with E-state index in [1.165, 1.54) is 5.56 Å². The first-order valence-electron chi connectivity index (χ1n) is 19.2. The van der Waals surface area contributed by atoms with Gasteiger partial charge in [0.1, 0.15) is 11.2 Å². The normalized spacial score (nSPS) is 11.5. The molecule has 0 radical (unpaired) electrons. The third-order valence-corrected chi connectivity index (χ3v) is 10.9. The van der Waals surface area contributed by atoms with E-state index >= 15 is 0 Å². The van der Waals surface area contributed by atoms with Crippen LogP contribution >= 0.6 is 0 Å². The van der Waals surface area contributed by atoms with Crippen LogP contribution in [-0.4, -0.2) is 15.0 Å². The fraction of sp³-hybridized carbons (Fsp3) is 0. The Morgan fingerprint density at radius 1 is 0.316 bits per heavy atom. The van der Waals surface area contributed by atoms with Gasteiger partial charge in [0, 0.05) is 49.2 Å². The van der Waals surface area contributed by atoms with Crippen LogP contribution in [0.4, 0.5) is 0 Å². The molecule has 0 aliphatic rings. The predicted molar refractivity (Wildman–Crippen MR) is 235 cm³/mol. The molecule has 3 heterocycles. The van der Waals surface area contributed by atoms with Crippen LogP contribution in [0.2, 0.25) is 0 Å². The fourth-order valence-corrected chi connectivity index (χ4v) is 8.06. The number of para-hydroxylation sites is 2. The maximum Gasteiger partial charge on any atom is 0.160 e. The molecule has 266 valence electrons. The van der Waals surface area contributed by atoms with Gasteiger partial charge in [0.2, 0.25) is 0 Å². The van der Waals surface area contributed by atoms with Crippen molar-refractivity contribution in [1.29, 1.82) is 0 Å². The first-order valence-corrected chi connectivity index (χ1v) is 19.2. The summed E-state index contributed by atoms with van der Waals surface area (Å²) in [4.78, 5) is 15.4. The highest BCUT2D eigenvalue weighted by Crippen LogP contribution is 2.41. The summed E-state index contributed by atoms with van der Waals surface area (Å²) in [5.74, 6) is 0.694. The molecule has 0 aliphatic carbocycles. The number of fused-ring (bicyclic) bond motifs is 7. The lowest BCUT2D eigenvalue weighted by Crippen LogP contribution is -1.96. The van der Waals surface area contributed by atoms with Crippen molar-refractivity contribution >= 4 is 43.6 Å². The number of benzene rings is 8. The van der Waals surface area contributed by atoms with E-state index in [2.05, 4.69) is 158 Å². The molecule has 0 atom stereocenters. The molecule has 0 unspecified atom stereocenters. The van der Waals surface area contributed by atoms with Crippen molar-refractivity contribution in [2.75, 3.05) is 0 Å². The van der Waals surface area contributed by atoms with E-state index in [4.69, 9.17) is 19.4 Å². The predicted octanol–water partition coefficient (Wildman–Crippen LogP) is 14.1. The van der Waals surface area contributed by atoms with Crippen LogP contribution < -0.4 is 0 Å². The quantitative estimate of drug-likeness (QED) is 0.160.